The zero-order valence-electron chi connectivity index (χ0n) is 9.87. The van der Waals surface area contributed by atoms with Gasteiger partial charge >= 0.3 is 0 Å². The summed E-state index contributed by atoms with van der Waals surface area (Å²) in [6.07, 6.45) is 1.62. The standard InChI is InChI=1S/C12H14BrClN2OS/c1-2-3-10(11(15)18)16-12(17)7-4-8(13)6-9(14)5-7/h4-6,10H,2-3H2,1H3,(H2,15,18)(H,16,17). The number of benzene rings is 1. The zero-order chi connectivity index (χ0) is 13.7. The number of nitrogens with two attached hydrogens (primary N) is 1. The highest BCUT2D eigenvalue weighted by molar-refractivity contribution is 9.10. The van der Waals surface area contributed by atoms with Crippen LogP contribution in [-0.2, 0) is 0 Å². The summed E-state index contributed by atoms with van der Waals surface area (Å²) in [5.74, 6) is -0.232. The molecule has 0 saturated heterocycles. The second-order valence-corrected chi connectivity index (χ2v) is 5.70. The lowest BCUT2D eigenvalue weighted by Gasteiger charge is -2.16. The minimum absolute atomic E-state index is 0.232. The quantitative estimate of drug-likeness (QED) is 0.802. The van der Waals surface area contributed by atoms with Crippen molar-refractivity contribution in [2.75, 3.05) is 0 Å². The van der Waals surface area contributed by atoms with Crippen LogP contribution in [0.25, 0.3) is 0 Å². The third-order valence-corrected chi connectivity index (χ3v) is 3.31. The van der Waals surface area contributed by atoms with Gasteiger partial charge in [0.15, 0.2) is 0 Å². The number of amides is 1. The fraction of sp³-hybridized carbons (Fsp3) is 0.333. The van der Waals surface area contributed by atoms with Crippen LogP contribution in [0.15, 0.2) is 22.7 Å². The van der Waals surface area contributed by atoms with Crippen molar-refractivity contribution in [3.63, 3.8) is 0 Å². The second-order valence-electron chi connectivity index (χ2n) is 3.88. The molecular formula is C12H14BrClN2OS. The molecule has 0 bridgehead atoms. The molecule has 0 aliphatic heterocycles. The first-order chi connectivity index (χ1) is 8.43. The number of hydrogen-bond donors (Lipinski definition) is 2. The SMILES string of the molecule is CCCC(NC(=O)c1cc(Cl)cc(Br)c1)C(N)=S. The first-order valence-corrected chi connectivity index (χ1v) is 7.08. The molecule has 3 nitrogen and oxygen atoms in total. The minimum atomic E-state index is -0.282. The Kier molecular flexibility index (Phi) is 6.05. The van der Waals surface area contributed by atoms with Crippen molar-refractivity contribution < 1.29 is 4.79 Å². The smallest absolute Gasteiger partial charge is 0.251 e. The molecule has 1 aromatic carbocycles. The summed E-state index contributed by atoms with van der Waals surface area (Å²) in [5.41, 5.74) is 6.07. The highest BCUT2D eigenvalue weighted by Crippen LogP contribution is 2.19. The van der Waals surface area contributed by atoms with Crippen molar-refractivity contribution in [3.8, 4) is 0 Å². The third kappa shape index (κ3) is 4.55. The molecule has 1 atom stereocenters. The van der Waals surface area contributed by atoms with Crippen LogP contribution in [0.4, 0.5) is 0 Å². The second kappa shape index (κ2) is 7.07. The van der Waals surface area contributed by atoms with Gasteiger partial charge in [-0.1, -0.05) is 53.1 Å². The van der Waals surface area contributed by atoms with Crippen molar-refractivity contribution in [1.29, 1.82) is 0 Å². The lowest BCUT2D eigenvalue weighted by molar-refractivity contribution is 0.0945. The minimum Gasteiger partial charge on any atom is -0.392 e. The van der Waals surface area contributed by atoms with E-state index in [-0.39, 0.29) is 11.9 Å². The van der Waals surface area contributed by atoms with E-state index in [4.69, 9.17) is 29.6 Å². The molecule has 0 radical (unpaired) electrons. The molecule has 1 unspecified atom stereocenters. The van der Waals surface area contributed by atoms with Crippen LogP contribution in [0.2, 0.25) is 5.02 Å². The maximum absolute atomic E-state index is 12.0. The van der Waals surface area contributed by atoms with Gasteiger partial charge in [0.1, 0.15) is 0 Å². The number of carbonyl (C=O) groups excluding carboxylic acids is 1. The average molecular weight is 350 g/mol. The van der Waals surface area contributed by atoms with E-state index in [0.29, 0.717) is 15.6 Å². The van der Waals surface area contributed by atoms with Crippen molar-refractivity contribution in [3.05, 3.63) is 33.3 Å². The van der Waals surface area contributed by atoms with E-state index in [9.17, 15) is 4.79 Å². The van der Waals surface area contributed by atoms with E-state index >= 15 is 0 Å². The molecule has 18 heavy (non-hydrogen) atoms. The largest absolute Gasteiger partial charge is 0.392 e. The molecule has 0 aliphatic rings. The molecule has 6 heteroatoms. The molecule has 0 aliphatic carbocycles. The molecule has 3 N–H and O–H groups in total. The van der Waals surface area contributed by atoms with E-state index < -0.39 is 0 Å². The lowest BCUT2D eigenvalue weighted by Crippen LogP contribution is -2.43. The number of halogens is 2. The summed E-state index contributed by atoms with van der Waals surface area (Å²) in [4.78, 5) is 12.3. The van der Waals surface area contributed by atoms with Crippen LogP contribution in [0.5, 0.6) is 0 Å². The van der Waals surface area contributed by atoms with Gasteiger partial charge in [0.2, 0.25) is 0 Å². The molecule has 98 valence electrons. The summed E-state index contributed by atoms with van der Waals surface area (Å²) in [7, 11) is 0. The van der Waals surface area contributed by atoms with Gasteiger partial charge in [-0.3, -0.25) is 4.79 Å². The highest BCUT2D eigenvalue weighted by Gasteiger charge is 2.15. The number of carbonyl (C=O) groups is 1. The van der Waals surface area contributed by atoms with Crippen LogP contribution >= 0.6 is 39.7 Å². The maximum Gasteiger partial charge on any atom is 0.251 e. The predicted octanol–water partition coefficient (Wildman–Crippen LogP) is 3.29. The molecule has 1 aromatic rings. The summed E-state index contributed by atoms with van der Waals surface area (Å²) < 4.78 is 0.752. The highest BCUT2D eigenvalue weighted by atomic mass is 79.9. The molecule has 0 saturated carbocycles. The Balaban J connectivity index is 2.83. The van der Waals surface area contributed by atoms with Crippen molar-refractivity contribution in [1.82, 2.24) is 5.32 Å². The molecule has 1 rings (SSSR count). The fourth-order valence-corrected chi connectivity index (χ4v) is 2.54. The lowest BCUT2D eigenvalue weighted by atomic mass is 10.1. The number of nitrogens with one attached hydrogen (secondary N) is 1. The summed E-state index contributed by atoms with van der Waals surface area (Å²) >= 11 is 14.1. The van der Waals surface area contributed by atoms with Crippen LogP contribution in [0.3, 0.4) is 0 Å². The first-order valence-electron chi connectivity index (χ1n) is 5.50. The summed E-state index contributed by atoms with van der Waals surface area (Å²) in [6.45, 7) is 2.01. The van der Waals surface area contributed by atoms with E-state index in [1.165, 1.54) is 0 Å². The number of thiocarbonyl (C=S) groups is 1. The van der Waals surface area contributed by atoms with Gasteiger partial charge in [-0.2, -0.15) is 0 Å². The van der Waals surface area contributed by atoms with E-state index in [0.717, 1.165) is 17.3 Å². The Morgan fingerprint density at radius 1 is 1.56 bits per heavy atom. The third-order valence-electron chi connectivity index (χ3n) is 2.35. The van der Waals surface area contributed by atoms with Gasteiger partial charge in [-0.05, 0) is 24.6 Å². The van der Waals surface area contributed by atoms with Gasteiger partial charge in [-0.15, -0.1) is 0 Å². The maximum atomic E-state index is 12.0. The van der Waals surface area contributed by atoms with Crippen LogP contribution in [0.1, 0.15) is 30.1 Å². The summed E-state index contributed by atoms with van der Waals surface area (Å²) in [6, 6.07) is 4.74. The Bertz CT molecular complexity index is 447. The molecule has 0 heterocycles. The predicted molar refractivity (Wildman–Crippen MR) is 82.1 cm³/mol. The molecular weight excluding hydrogens is 336 g/mol. The molecule has 0 fully saturated rings. The van der Waals surface area contributed by atoms with E-state index in [1.807, 2.05) is 6.92 Å². The van der Waals surface area contributed by atoms with Crippen molar-refractivity contribution in [2.24, 2.45) is 5.73 Å². The Labute approximate surface area is 125 Å². The molecule has 1 amide bonds. The zero-order valence-corrected chi connectivity index (χ0v) is 13.0. The Morgan fingerprint density at radius 2 is 2.22 bits per heavy atom. The van der Waals surface area contributed by atoms with Gasteiger partial charge < -0.3 is 11.1 Å². The first kappa shape index (κ1) is 15.4. The summed E-state index contributed by atoms with van der Waals surface area (Å²) in [5, 5.41) is 3.30. The Hall–Kier alpha value is -0.650. The number of rotatable bonds is 5. The van der Waals surface area contributed by atoms with Gasteiger partial charge in [0.05, 0.1) is 11.0 Å². The van der Waals surface area contributed by atoms with Crippen LogP contribution < -0.4 is 11.1 Å². The van der Waals surface area contributed by atoms with Crippen molar-refractivity contribution in [2.45, 2.75) is 25.8 Å². The van der Waals surface area contributed by atoms with Gasteiger partial charge in [0, 0.05) is 15.1 Å². The van der Waals surface area contributed by atoms with Crippen LogP contribution in [0, 0.1) is 0 Å². The Morgan fingerprint density at radius 3 is 2.72 bits per heavy atom. The fourth-order valence-electron chi connectivity index (χ4n) is 1.50. The van der Waals surface area contributed by atoms with E-state index in [2.05, 4.69) is 21.2 Å². The number of hydrogen-bond acceptors (Lipinski definition) is 2. The van der Waals surface area contributed by atoms with E-state index in [1.54, 1.807) is 18.2 Å². The normalized spacial score (nSPS) is 11.9. The monoisotopic (exact) mass is 348 g/mol. The van der Waals surface area contributed by atoms with Gasteiger partial charge in [0.25, 0.3) is 5.91 Å². The van der Waals surface area contributed by atoms with Gasteiger partial charge in [-0.25, -0.2) is 0 Å². The van der Waals surface area contributed by atoms with Crippen molar-refractivity contribution >= 4 is 50.6 Å². The molecule has 0 spiro atoms. The molecule has 0 aromatic heterocycles. The van der Waals surface area contributed by atoms with Crippen LogP contribution in [-0.4, -0.2) is 16.9 Å². The topological polar surface area (TPSA) is 55.1 Å². The average Bonchev–Trinajstić information content (AvgIpc) is 2.26.